The lowest BCUT2D eigenvalue weighted by Crippen LogP contribution is -2.35. The van der Waals surface area contributed by atoms with Crippen molar-refractivity contribution in [1.29, 1.82) is 0 Å². The van der Waals surface area contributed by atoms with Crippen LogP contribution in [-0.2, 0) is 0 Å². The van der Waals surface area contributed by atoms with E-state index in [0.717, 1.165) is 25.6 Å². The largest absolute Gasteiger partial charge is 0.303 e. The van der Waals surface area contributed by atoms with Crippen molar-refractivity contribution in [3.8, 4) is 0 Å². The maximum Gasteiger partial charge on any atom is 0.167 e. The van der Waals surface area contributed by atoms with E-state index in [2.05, 4.69) is 11.8 Å². The molecule has 2 nitrogen and oxygen atoms in total. The van der Waals surface area contributed by atoms with E-state index in [1.807, 2.05) is 0 Å². The van der Waals surface area contributed by atoms with Crippen LogP contribution in [0.15, 0.2) is 24.3 Å². The molecule has 0 N–H and O–H groups in total. The average Bonchev–Trinajstić information content (AvgIpc) is 2.47. The van der Waals surface area contributed by atoms with Crippen molar-refractivity contribution in [1.82, 2.24) is 4.90 Å². The summed E-state index contributed by atoms with van der Waals surface area (Å²) in [5.41, 5.74) is 0.230. The molecule has 1 fully saturated rings. The van der Waals surface area contributed by atoms with Crippen LogP contribution in [0.3, 0.4) is 0 Å². The lowest BCUT2D eigenvalue weighted by molar-refractivity contribution is 0.0946. The molecule has 0 aliphatic carbocycles. The zero-order valence-electron chi connectivity index (χ0n) is 12.3. The molecule has 0 saturated carbocycles. The summed E-state index contributed by atoms with van der Waals surface area (Å²) in [4.78, 5) is 14.3. The smallest absolute Gasteiger partial charge is 0.167 e. The minimum atomic E-state index is -0.404. The van der Waals surface area contributed by atoms with Gasteiger partial charge in [-0.05, 0) is 44.0 Å². The van der Waals surface area contributed by atoms with Crippen LogP contribution in [0.1, 0.15) is 49.4 Å². The third-order valence-corrected chi connectivity index (χ3v) is 4.23. The molecule has 0 aromatic heterocycles. The highest BCUT2D eigenvalue weighted by Gasteiger charge is 2.19. The molecule has 1 aliphatic rings. The molecule has 1 heterocycles. The number of hydrogen-bond acceptors (Lipinski definition) is 2. The first-order valence-corrected chi connectivity index (χ1v) is 7.70. The molecule has 0 radical (unpaired) electrons. The Hall–Kier alpha value is -1.22. The minimum Gasteiger partial charge on any atom is -0.303 e. The van der Waals surface area contributed by atoms with Crippen LogP contribution in [-0.4, -0.2) is 30.3 Å². The summed E-state index contributed by atoms with van der Waals surface area (Å²) in [7, 11) is 0. The summed E-state index contributed by atoms with van der Waals surface area (Å²) in [6, 6.07) is 6.26. The fraction of sp³-hybridized carbons (Fsp3) is 0.588. The zero-order valence-corrected chi connectivity index (χ0v) is 12.3. The van der Waals surface area contributed by atoms with Crippen molar-refractivity contribution in [2.24, 2.45) is 5.92 Å². The summed E-state index contributed by atoms with van der Waals surface area (Å²) in [5, 5.41) is 0. The van der Waals surface area contributed by atoms with Gasteiger partial charge in [-0.3, -0.25) is 4.79 Å². The number of hydrogen-bond donors (Lipinski definition) is 0. The van der Waals surface area contributed by atoms with E-state index in [1.54, 1.807) is 18.2 Å². The number of Topliss-reactive ketones (excluding diaryl/α,β-unsaturated/α-hetero) is 1. The van der Waals surface area contributed by atoms with Crippen molar-refractivity contribution in [2.45, 2.75) is 39.0 Å². The number of rotatable bonds is 6. The van der Waals surface area contributed by atoms with Gasteiger partial charge in [-0.1, -0.05) is 31.9 Å². The molecule has 0 unspecified atom stereocenters. The van der Waals surface area contributed by atoms with Crippen LogP contribution in [0, 0.1) is 11.7 Å². The van der Waals surface area contributed by atoms with Gasteiger partial charge in [0.25, 0.3) is 0 Å². The molecule has 0 amide bonds. The lowest BCUT2D eigenvalue weighted by Gasteiger charge is -2.31. The fourth-order valence-corrected chi connectivity index (χ4v) is 2.99. The quantitative estimate of drug-likeness (QED) is 0.735. The second-order valence-electron chi connectivity index (χ2n) is 5.73. The number of benzene rings is 1. The maximum atomic E-state index is 13.5. The van der Waals surface area contributed by atoms with Gasteiger partial charge in [0.2, 0.25) is 0 Å². The molecule has 1 aliphatic heterocycles. The van der Waals surface area contributed by atoms with Gasteiger partial charge in [-0.25, -0.2) is 4.39 Å². The molecule has 0 spiro atoms. The summed E-state index contributed by atoms with van der Waals surface area (Å²) >= 11 is 0. The van der Waals surface area contributed by atoms with Crippen LogP contribution in [0.4, 0.5) is 4.39 Å². The van der Waals surface area contributed by atoms with E-state index in [0.29, 0.717) is 6.42 Å². The first-order chi connectivity index (χ1) is 9.70. The number of piperidine rings is 1. The van der Waals surface area contributed by atoms with Crippen molar-refractivity contribution in [3.63, 3.8) is 0 Å². The third-order valence-electron chi connectivity index (χ3n) is 4.23. The Morgan fingerprint density at radius 2 is 2.00 bits per heavy atom. The zero-order chi connectivity index (χ0) is 14.4. The van der Waals surface area contributed by atoms with Gasteiger partial charge < -0.3 is 4.90 Å². The predicted molar refractivity (Wildman–Crippen MR) is 79.4 cm³/mol. The Kier molecular flexibility index (Phi) is 5.72. The Morgan fingerprint density at radius 1 is 1.30 bits per heavy atom. The van der Waals surface area contributed by atoms with Crippen LogP contribution in [0.2, 0.25) is 0 Å². The summed E-state index contributed by atoms with van der Waals surface area (Å²) in [5.74, 6) is 0.372. The Labute approximate surface area is 121 Å². The van der Waals surface area contributed by atoms with Gasteiger partial charge in [-0.2, -0.15) is 0 Å². The highest BCUT2D eigenvalue weighted by Crippen LogP contribution is 2.22. The fourth-order valence-electron chi connectivity index (χ4n) is 2.99. The minimum absolute atomic E-state index is 0.0845. The van der Waals surface area contributed by atoms with E-state index < -0.39 is 5.82 Å². The van der Waals surface area contributed by atoms with Crippen molar-refractivity contribution < 1.29 is 9.18 Å². The maximum absolute atomic E-state index is 13.5. The SMILES string of the molecule is CCCC1CCN(CCC(=O)c2ccccc2F)CC1. The number of nitrogens with zero attached hydrogens (tertiary/aromatic N) is 1. The predicted octanol–water partition coefficient (Wildman–Crippen LogP) is 3.91. The number of likely N-dealkylation sites (tertiary alicyclic amines) is 1. The summed E-state index contributed by atoms with van der Waals surface area (Å²) in [6.07, 6.45) is 5.47. The Morgan fingerprint density at radius 3 is 2.65 bits per heavy atom. The van der Waals surface area contributed by atoms with Crippen LogP contribution in [0.25, 0.3) is 0 Å². The van der Waals surface area contributed by atoms with Gasteiger partial charge in [0.05, 0.1) is 5.56 Å². The monoisotopic (exact) mass is 277 g/mol. The Bertz CT molecular complexity index is 438. The van der Waals surface area contributed by atoms with Crippen molar-refractivity contribution >= 4 is 5.78 Å². The van der Waals surface area contributed by atoms with Gasteiger partial charge in [0, 0.05) is 13.0 Å². The highest BCUT2D eigenvalue weighted by atomic mass is 19.1. The molecular formula is C17H24FNO. The summed E-state index contributed by atoms with van der Waals surface area (Å²) in [6.45, 7) is 5.15. The lowest BCUT2D eigenvalue weighted by atomic mass is 9.92. The van der Waals surface area contributed by atoms with Crippen molar-refractivity contribution in [3.05, 3.63) is 35.6 Å². The molecule has 1 aromatic rings. The number of carbonyl (C=O) groups is 1. The average molecular weight is 277 g/mol. The standard InChI is InChI=1S/C17H24FNO/c1-2-5-14-8-11-19(12-9-14)13-10-17(20)15-6-3-4-7-16(15)18/h3-4,6-7,14H,2,5,8-13H2,1H3. The number of halogens is 1. The highest BCUT2D eigenvalue weighted by molar-refractivity contribution is 5.96. The normalized spacial score (nSPS) is 17.3. The number of ketones is 1. The molecule has 1 saturated heterocycles. The second-order valence-corrected chi connectivity index (χ2v) is 5.73. The summed E-state index contributed by atoms with van der Waals surface area (Å²) < 4.78 is 13.5. The van der Waals surface area contributed by atoms with E-state index >= 15 is 0 Å². The van der Waals surface area contributed by atoms with Gasteiger partial charge in [-0.15, -0.1) is 0 Å². The van der Waals surface area contributed by atoms with Crippen molar-refractivity contribution in [2.75, 3.05) is 19.6 Å². The Balaban J connectivity index is 1.76. The van der Waals surface area contributed by atoms with E-state index in [9.17, 15) is 9.18 Å². The first kappa shape index (κ1) is 15.2. The second kappa shape index (κ2) is 7.53. The number of carbonyl (C=O) groups excluding carboxylic acids is 1. The van der Waals surface area contributed by atoms with Crippen LogP contribution < -0.4 is 0 Å². The molecular weight excluding hydrogens is 253 g/mol. The van der Waals surface area contributed by atoms with E-state index in [1.165, 1.54) is 31.7 Å². The molecule has 110 valence electrons. The van der Waals surface area contributed by atoms with Gasteiger partial charge in [0.15, 0.2) is 5.78 Å². The van der Waals surface area contributed by atoms with Gasteiger partial charge >= 0.3 is 0 Å². The first-order valence-electron chi connectivity index (χ1n) is 7.70. The molecule has 3 heteroatoms. The molecule has 0 bridgehead atoms. The third kappa shape index (κ3) is 4.14. The molecule has 20 heavy (non-hydrogen) atoms. The molecule has 2 rings (SSSR count). The van der Waals surface area contributed by atoms with E-state index in [-0.39, 0.29) is 11.3 Å². The molecule has 0 atom stereocenters. The van der Waals surface area contributed by atoms with Gasteiger partial charge in [0.1, 0.15) is 5.82 Å². The topological polar surface area (TPSA) is 20.3 Å². The van der Waals surface area contributed by atoms with E-state index in [4.69, 9.17) is 0 Å². The van der Waals surface area contributed by atoms with Crippen LogP contribution in [0.5, 0.6) is 0 Å². The molecule has 1 aromatic carbocycles. The van der Waals surface area contributed by atoms with Crippen LogP contribution >= 0.6 is 0 Å².